The maximum atomic E-state index is 5.35. The topological polar surface area (TPSA) is 43.6 Å². The van der Waals surface area contributed by atoms with Gasteiger partial charge in [-0.05, 0) is 63.4 Å². The average molecular weight is 677 g/mol. The largest absolute Gasteiger partial charge is 0.308 e. The number of rotatable bonds is 6. The zero-order chi connectivity index (χ0) is 35.1. The molecule has 0 saturated carbocycles. The van der Waals surface area contributed by atoms with Crippen LogP contribution in [0.5, 0.6) is 0 Å². The van der Waals surface area contributed by atoms with Crippen molar-refractivity contribution in [3.05, 3.63) is 194 Å². The summed E-state index contributed by atoms with van der Waals surface area (Å²) in [7, 11) is 0. The SMILES string of the molecule is c1ccc(-c2ccc(-c3nc(-c4ccc5ccccc5c4)nc(-c4ccccc4-c4ccccc4)n3)c(-n3c4ccccc4c4ccccc43)c2)cc1. The Labute approximate surface area is 307 Å². The quantitative estimate of drug-likeness (QED) is 0.176. The first kappa shape index (κ1) is 30.6. The summed E-state index contributed by atoms with van der Waals surface area (Å²) in [5, 5.41) is 4.70. The van der Waals surface area contributed by atoms with Crippen molar-refractivity contribution in [1.82, 2.24) is 19.5 Å². The fourth-order valence-corrected chi connectivity index (χ4v) is 7.52. The van der Waals surface area contributed by atoms with Crippen molar-refractivity contribution in [1.29, 1.82) is 0 Å². The van der Waals surface area contributed by atoms with Gasteiger partial charge in [-0.2, -0.15) is 0 Å². The van der Waals surface area contributed by atoms with Crippen LogP contribution in [-0.4, -0.2) is 19.5 Å². The molecular formula is C49H32N4. The molecular weight excluding hydrogens is 645 g/mol. The fraction of sp³-hybridized carbons (Fsp3) is 0. The molecule has 4 heteroatoms. The Balaban J connectivity index is 1.28. The molecule has 0 aliphatic heterocycles. The highest BCUT2D eigenvalue weighted by Gasteiger charge is 2.21. The molecule has 0 bridgehead atoms. The van der Waals surface area contributed by atoms with Gasteiger partial charge in [0.05, 0.1) is 16.7 Å². The fourth-order valence-electron chi connectivity index (χ4n) is 7.52. The van der Waals surface area contributed by atoms with Crippen LogP contribution in [0.3, 0.4) is 0 Å². The summed E-state index contributed by atoms with van der Waals surface area (Å²) in [6, 6.07) is 68.1. The molecule has 0 unspecified atom stereocenters. The molecule has 8 aromatic carbocycles. The first-order valence-electron chi connectivity index (χ1n) is 17.9. The van der Waals surface area contributed by atoms with Gasteiger partial charge >= 0.3 is 0 Å². The van der Waals surface area contributed by atoms with E-state index in [1.807, 2.05) is 6.07 Å². The highest BCUT2D eigenvalue weighted by Crippen LogP contribution is 2.39. The van der Waals surface area contributed by atoms with E-state index in [2.05, 4.69) is 193 Å². The third kappa shape index (κ3) is 5.45. The summed E-state index contributed by atoms with van der Waals surface area (Å²) in [5.74, 6) is 1.86. The molecule has 10 rings (SSSR count). The minimum Gasteiger partial charge on any atom is -0.308 e. The monoisotopic (exact) mass is 676 g/mol. The summed E-state index contributed by atoms with van der Waals surface area (Å²) in [6.07, 6.45) is 0. The van der Waals surface area contributed by atoms with E-state index in [4.69, 9.17) is 15.0 Å². The Morgan fingerprint density at radius 1 is 0.302 bits per heavy atom. The van der Waals surface area contributed by atoms with Crippen LogP contribution in [0.25, 0.3) is 94.7 Å². The smallest absolute Gasteiger partial charge is 0.166 e. The second-order valence-corrected chi connectivity index (χ2v) is 13.2. The van der Waals surface area contributed by atoms with E-state index in [-0.39, 0.29) is 0 Å². The lowest BCUT2D eigenvalue weighted by Crippen LogP contribution is -2.04. The number of nitrogens with zero attached hydrogens (tertiary/aromatic N) is 4. The van der Waals surface area contributed by atoms with E-state index in [0.29, 0.717) is 17.5 Å². The van der Waals surface area contributed by atoms with Gasteiger partial charge in [0.1, 0.15) is 0 Å². The Morgan fingerprint density at radius 3 is 1.55 bits per heavy atom. The van der Waals surface area contributed by atoms with Crippen LogP contribution in [0, 0.1) is 0 Å². The van der Waals surface area contributed by atoms with Gasteiger partial charge in [-0.25, -0.2) is 15.0 Å². The van der Waals surface area contributed by atoms with Crippen molar-refractivity contribution in [2.75, 3.05) is 0 Å². The molecule has 0 fully saturated rings. The van der Waals surface area contributed by atoms with Crippen LogP contribution in [-0.2, 0) is 0 Å². The second kappa shape index (κ2) is 12.9. The molecule has 0 N–H and O–H groups in total. The second-order valence-electron chi connectivity index (χ2n) is 13.2. The molecule has 0 radical (unpaired) electrons. The van der Waals surface area contributed by atoms with Gasteiger partial charge < -0.3 is 4.57 Å². The van der Waals surface area contributed by atoms with E-state index in [9.17, 15) is 0 Å². The highest BCUT2D eigenvalue weighted by atomic mass is 15.1. The predicted molar refractivity (Wildman–Crippen MR) is 219 cm³/mol. The van der Waals surface area contributed by atoms with Crippen molar-refractivity contribution in [3.8, 4) is 62.1 Å². The summed E-state index contributed by atoms with van der Waals surface area (Å²) in [5.41, 5.74) is 10.5. The molecule has 0 saturated heterocycles. The van der Waals surface area contributed by atoms with E-state index in [1.54, 1.807) is 0 Å². The van der Waals surface area contributed by atoms with Gasteiger partial charge in [0, 0.05) is 27.5 Å². The molecule has 2 aromatic heterocycles. The van der Waals surface area contributed by atoms with Gasteiger partial charge in [-0.1, -0.05) is 164 Å². The van der Waals surface area contributed by atoms with Crippen LogP contribution in [0.15, 0.2) is 194 Å². The highest BCUT2D eigenvalue weighted by molar-refractivity contribution is 6.09. The van der Waals surface area contributed by atoms with Gasteiger partial charge in [0.25, 0.3) is 0 Å². The summed E-state index contributed by atoms with van der Waals surface area (Å²) in [6.45, 7) is 0. The van der Waals surface area contributed by atoms with Gasteiger partial charge in [-0.15, -0.1) is 0 Å². The molecule has 0 aliphatic carbocycles. The van der Waals surface area contributed by atoms with Crippen LogP contribution in [0.4, 0.5) is 0 Å². The van der Waals surface area contributed by atoms with Crippen LogP contribution in [0.1, 0.15) is 0 Å². The first-order chi connectivity index (χ1) is 26.3. The number of fused-ring (bicyclic) bond motifs is 4. The van der Waals surface area contributed by atoms with Crippen molar-refractivity contribution >= 4 is 32.6 Å². The number of para-hydroxylation sites is 2. The Hall–Kier alpha value is -7.17. The third-order valence-electron chi connectivity index (χ3n) is 10.1. The normalized spacial score (nSPS) is 11.4. The number of hydrogen-bond donors (Lipinski definition) is 0. The van der Waals surface area contributed by atoms with Crippen LogP contribution < -0.4 is 0 Å². The van der Waals surface area contributed by atoms with Gasteiger partial charge in [-0.3, -0.25) is 0 Å². The number of benzene rings is 8. The Bertz CT molecular complexity index is 2890. The maximum Gasteiger partial charge on any atom is 0.166 e. The molecule has 248 valence electrons. The lowest BCUT2D eigenvalue weighted by atomic mass is 9.99. The molecule has 0 spiro atoms. The lowest BCUT2D eigenvalue weighted by Gasteiger charge is -2.17. The molecule has 0 atom stereocenters. The van der Waals surface area contributed by atoms with Crippen molar-refractivity contribution in [2.24, 2.45) is 0 Å². The Morgan fingerprint density at radius 2 is 0.830 bits per heavy atom. The van der Waals surface area contributed by atoms with E-state index < -0.39 is 0 Å². The van der Waals surface area contributed by atoms with E-state index in [1.165, 1.54) is 16.2 Å². The van der Waals surface area contributed by atoms with E-state index >= 15 is 0 Å². The summed E-state index contributed by atoms with van der Waals surface area (Å²) in [4.78, 5) is 15.9. The van der Waals surface area contributed by atoms with Crippen LogP contribution in [0.2, 0.25) is 0 Å². The van der Waals surface area contributed by atoms with Crippen molar-refractivity contribution in [3.63, 3.8) is 0 Å². The predicted octanol–water partition coefficient (Wildman–Crippen LogP) is 12.5. The minimum absolute atomic E-state index is 0.609. The Kier molecular flexibility index (Phi) is 7.43. The first-order valence-corrected chi connectivity index (χ1v) is 17.9. The van der Waals surface area contributed by atoms with Crippen molar-refractivity contribution < 1.29 is 0 Å². The van der Waals surface area contributed by atoms with Crippen molar-refractivity contribution in [2.45, 2.75) is 0 Å². The maximum absolute atomic E-state index is 5.35. The molecule has 0 aliphatic rings. The molecule has 53 heavy (non-hydrogen) atoms. The van der Waals surface area contributed by atoms with E-state index in [0.717, 1.165) is 61.1 Å². The standard InChI is InChI=1S/C49H32N4/c1-3-15-33(16-4-1)37-29-30-43(46(32-37)53-44-25-13-11-22-40(44)41-23-12-14-26-45(41)53)49-51-47(38-28-27-34-17-7-8-20-36(34)31-38)50-48(52-49)42-24-10-9-21-39(42)35-18-5-2-6-19-35/h1-32H. The number of hydrogen-bond acceptors (Lipinski definition) is 3. The lowest BCUT2D eigenvalue weighted by molar-refractivity contribution is 1.07. The van der Waals surface area contributed by atoms with Gasteiger partial charge in [0.2, 0.25) is 0 Å². The molecule has 4 nitrogen and oxygen atoms in total. The average Bonchev–Trinajstić information content (AvgIpc) is 3.58. The number of aromatic nitrogens is 4. The molecule has 10 aromatic rings. The molecule has 0 amide bonds. The van der Waals surface area contributed by atoms with Gasteiger partial charge in [0.15, 0.2) is 17.5 Å². The van der Waals surface area contributed by atoms with Crippen LogP contribution >= 0.6 is 0 Å². The summed E-state index contributed by atoms with van der Waals surface area (Å²) < 4.78 is 2.36. The third-order valence-corrected chi connectivity index (χ3v) is 10.1. The molecule has 2 heterocycles. The zero-order valence-corrected chi connectivity index (χ0v) is 28.8. The summed E-state index contributed by atoms with van der Waals surface area (Å²) >= 11 is 0. The zero-order valence-electron chi connectivity index (χ0n) is 28.8. The minimum atomic E-state index is 0.609.